The van der Waals surface area contributed by atoms with Crippen molar-refractivity contribution in [2.24, 2.45) is 5.92 Å². The van der Waals surface area contributed by atoms with Gasteiger partial charge in [-0.2, -0.15) is 0 Å². The maximum atomic E-state index is 13.3. The van der Waals surface area contributed by atoms with Crippen LogP contribution in [-0.2, 0) is 4.79 Å². The Labute approximate surface area is 199 Å². The number of amides is 2. The number of hydrogen-bond donors (Lipinski definition) is 1. The molecule has 176 valence electrons. The van der Waals surface area contributed by atoms with Crippen LogP contribution in [-0.4, -0.2) is 58.5 Å². The molecule has 1 saturated carbocycles. The Hall–Kier alpha value is -3.17. The number of halogens is 1. The summed E-state index contributed by atoms with van der Waals surface area (Å²) in [5.74, 6) is 6.29. The highest BCUT2D eigenvalue weighted by molar-refractivity contribution is 5.97. The van der Waals surface area contributed by atoms with Crippen LogP contribution in [0.5, 0.6) is 0 Å². The summed E-state index contributed by atoms with van der Waals surface area (Å²) in [5, 5.41) is 10.0. The molecule has 34 heavy (non-hydrogen) atoms. The average molecular weight is 461 g/mol. The fourth-order valence-electron chi connectivity index (χ4n) is 5.65. The molecule has 5 nitrogen and oxygen atoms in total. The van der Waals surface area contributed by atoms with Crippen molar-refractivity contribution < 1.29 is 19.1 Å². The van der Waals surface area contributed by atoms with E-state index in [4.69, 9.17) is 0 Å². The van der Waals surface area contributed by atoms with Gasteiger partial charge in [-0.15, -0.1) is 0 Å². The molecule has 0 unspecified atom stereocenters. The van der Waals surface area contributed by atoms with Gasteiger partial charge in [-0.05, 0) is 54.8 Å². The van der Waals surface area contributed by atoms with Crippen molar-refractivity contribution in [1.29, 1.82) is 0 Å². The lowest BCUT2D eigenvalue weighted by Crippen LogP contribution is -2.73. The molecule has 0 bridgehead atoms. The van der Waals surface area contributed by atoms with Crippen molar-refractivity contribution in [2.75, 3.05) is 19.7 Å². The molecule has 2 aromatic carbocycles. The smallest absolute Gasteiger partial charge is 0.254 e. The molecule has 0 aromatic heterocycles. The van der Waals surface area contributed by atoms with Gasteiger partial charge in [0.1, 0.15) is 12.4 Å². The second kappa shape index (κ2) is 9.60. The normalized spacial score (nSPS) is 24.6. The SMILES string of the molecule is O=C(c1ccc(F)cc1)N1CC(=O)N2[C@@H](CO)[C@@H](c3ccc(C#CC4CCCCC4)cc3)[C@@H]2C1. The first kappa shape index (κ1) is 22.6. The summed E-state index contributed by atoms with van der Waals surface area (Å²) in [6.07, 6.45) is 6.21. The number of nitrogens with zero attached hydrogens (tertiary/aromatic N) is 2. The highest BCUT2D eigenvalue weighted by Gasteiger charge is 2.54. The number of carbonyl (C=O) groups excluding carboxylic acids is 2. The monoisotopic (exact) mass is 460 g/mol. The van der Waals surface area contributed by atoms with Crippen LogP contribution in [0.2, 0.25) is 0 Å². The van der Waals surface area contributed by atoms with E-state index in [1.54, 1.807) is 4.90 Å². The minimum Gasteiger partial charge on any atom is -0.394 e. The van der Waals surface area contributed by atoms with Gasteiger partial charge in [0, 0.05) is 29.5 Å². The van der Waals surface area contributed by atoms with E-state index in [-0.39, 0.29) is 43.0 Å². The fourth-order valence-corrected chi connectivity index (χ4v) is 5.65. The van der Waals surface area contributed by atoms with Crippen molar-refractivity contribution in [2.45, 2.75) is 50.1 Å². The predicted molar refractivity (Wildman–Crippen MR) is 126 cm³/mol. The van der Waals surface area contributed by atoms with Crippen LogP contribution in [0.1, 0.15) is 59.5 Å². The lowest BCUT2D eigenvalue weighted by Gasteiger charge is -2.58. The fraction of sp³-hybridized carbons (Fsp3) is 0.429. The van der Waals surface area contributed by atoms with Crippen molar-refractivity contribution >= 4 is 11.8 Å². The Morgan fingerprint density at radius 2 is 1.74 bits per heavy atom. The Bertz CT molecular complexity index is 1110. The molecule has 3 aliphatic rings. The van der Waals surface area contributed by atoms with Crippen LogP contribution in [0.15, 0.2) is 48.5 Å². The third-order valence-electron chi connectivity index (χ3n) is 7.45. The number of hydrogen-bond acceptors (Lipinski definition) is 3. The molecule has 2 saturated heterocycles. The van der Waals surface area contributed by atoms with Gasteiger partial charge in [0.2, 0.25) is 5.91 Å². The summed E-state index contributed by atoms with van der Waals surface area (Å²) in [6, 6.07) is 13.0. The number of fused-ring (bicyclic) bond motifs is 1. The van der Waals surface area contributed by atoms with Gasteiger partial charge in [-0.1, -0.05) is 43.2 Å². The van der Waals surface area contributed by atoms with Crippen LogP contribution < -0.4 is 0 Å². The maximum Gasteiger partial charge on any atom is 0.254 e. The zero-order valence-corrected chi connectivity index (χ0v) is 19.1. The number of piperazine rings is 1. The summed E-state index contributed by atoms with van der Waals surface area (Å²) >= 11 is 0. The molecule has 3 atom stereocenters. The number of benzene rings is 2. The molecule has 3 fully saturated rings. The van der Waals surface area contributed by atoms with Gasteiger partial charge in [-0.25, -0.2) is 4.39 Å². The van der Waals surface area contributed by atoms with E-state index < -0.39 is 5.82 Å². The van der Waals surface area contributed by atoms with E-state index in [9.17, 15) is 19.1 Å². The molecular weight excluding hydrogens is 431 g/mol. The zero-order valence-electron chi connectivity index (χ0n) is 19.1. The second-order valence-corrected chi connectivity index (χ2v) is 9.56. The zero-order chi connectivity index (χ0) is 23.7. The molecule has 2 heterocycles. The molecule has 0 spiro atoms. The molecule has 1 N–H and O–H groups in total. The van der Waals surface area contributed by atoms with Gasteiger partial charge >= 0.3 is 0 Å². The predicted octanol–water partition coefficient (Wildman–Crippen LogP) is 3.57. The summed E-state index contributed by atoms with van der Waals surface area (Å²) in [6.45, 7) is 0.222. The van der Waals surface area contributed by atoms with Gasteiger partial charge in [-0.3, -0.25) is 9.59 Å². The first-order valence-electron chi connectivity index (χ1n) is 12.1. The van der Waals surface area contributed by atoms with Gasteiger partial charge < -0.3 is 14.9 Å². The summed E-state index contributed by atoms with van der Waals surface area (Å²) in [7, 11) is 0. The first-order chi connectivity index (χ1) is 16.5. The van der Waals surface area contributed by atoms with Crippen molar-refractivity contribution in [3.05, 3.63) is 71.0 Å². The van der Waals surface area contributed by atoms with E-state index in [0.29, 0.717) is 18.0 Å². The molecule has 0 radical (unpaired) electrons. The number of aliphatic hydroxyl groups is 1. The average Bonchev–Trinajstić information content (AvgIpc) is 2.85. The minimum atomic E-state index is -0.408. The summed E-state index contributed by atoms with van der Waals surface area (Å²) in [4.78, 5) is 29.0. The lowest BCUT2D eigenvalue weighted by molar-refractivity contribution is -0.159. The Morgan fingerprint density at radius 1 is 1.03 bits per heavy atom. The topological polar surface area (TPSA) is 60.9 Å². The highest BCUT2D eigenvalue weighted by Crippen LogP contribution is 2.43. The van der Waals surface area contributed by atoms with Crippen molar-refractivity contribution in [1.82, 2.24) is 9.80 Å². The van der Waals surface area contributed by atoms with E-state index >= 15 is 0 Å². The van der Waals surface area contributed by atoms with Gasteiger partial charge in [0.05, 0.1) is 18.7 Å². The number of rotatable bonds is 3. The van der Waals surface area contributed by atoms with E-state index in [0.717, 1.165) is 11.1 Å². The molecule has 1 aliphatic carbocycles. The second-order valence-electron chi connectivity index (χ2n) is 9.56. The van der Waals surface area contributed by atoms with Crippen LogP contribution in [0.4, 0.5) is 4.39 Å². The van der Waals surface area contributed by atoms with E-state index in [1.807, 2.05) is 24.3 Å². The van der Waals surface area contributed by atoms with E-state index in [1.165, 1.54) is 61.3 Å². The van der Waals surface area contributed by atoms with Crippen molar-refractivity contribution in [3.63, 3.8) is 0 Å². The maximum absolute atomic E-state index is 13.3. The molecule has 2 aromatic rings. The largest absolute Gasteiger partial charge is 0.394 e. The molecule has 2 amide bonds. The first-order valence-corrected chi connectivity index (χ1v) is 12.1. The van der Waals surface area contributed by atoms with E-state index in [2.05, 4.69) is 11.8 Å². The number of aliphatic hydroxyl groups excluding tert-OH is 1. The molecule has 5 rings (SSSR count). The summed E-state index contributed by atoms with van der Waals surface area (Å²) < 4.78 is 13.3. The Balaban J connectivity index is 1.31. The summed E-state index contributed by atoms with van der Waals surface area (Å²) in [5.41, 5.74) is 2.37. The minimum absolute atomic E-state index is 0.0361. The molecular formula is C28H29FN2O3. The van der Waals surface area contributed by atoms with Crippen LogP contribution >= 0.6 is 0 Å². The molecule has 2 aliphatic heterocycles. The van der Waals surface area contributed by atoms with Crippen molar-refractivity contribution in [3.8, 4) is 11.8 Å². The van der Waals surface area contributed by atoms with Gasteiger partial charge in [0.15, 0.2) is 0 Å². The standard InChI is InChI=1S/C28H29FN2O3/c29-23-14-12-22(13-15-23)28(34)30-16-24-27(25(18-32)31(24)26(33)17-30)21-10-8-20(9-11-21)7-6-19-4-2-1-3-5-19/h8-15,19,24-25,27,32H,1-5,16-18H2/t24-,25-,27-/m0/s1. The lowest BCUT2D eigenvalue weighted by atomic mass is 9.73. The van der Waals surface area contributed by atoms with Crippen LogP contribution in [0.25, 0.3) is 0 Å². The Kier molecular flexibility index (Phi) is 6.38. The molecule has 6 heteroatoms. The quantitative estimate of drug-likeness (QED) is 0.713. The third kappa shape index (κ3) is 4.33. The van der Waals surface area contributed by atoms with Crippen LogP contribution in [0.3, 0.4) is 0 Å². The number of carbonyl (C=O) groups is 2. The Morgan fingerprint density at radius 3 is 2.41 bits per heavy atom. The van der Waals surface area contributed by atoms with Gasteiger partial charge in [0.25, 0.3) is 5.91 Å². The highest BCUT2D eigenvalue weighted by atomic mass is 19.1. The van der Waals surface area contributed by atoms with Crippen LogP contribution in [0, 0.1) is 23.6 Å². The third-order valence-corrected chi connectivity index (χ3v) is 7.45.